The minimum Gasteiger partial charge on any atom is -0.379 e. The number of ether oxygens (including phenoxy) is 1. The van der Waals surface area contributed by atoms with Crippen LogP contribution in [0, 0.1) is 6.92 Å². The molecular weight excluding hydrogens is 493 g/mol. The lowest BCUT2D eigenvalue weighted by Gasteiger charge is -2.27. The van der Waals surface area contributed by atoms with Gasteiger partial charge in [-0.2, -0.15) is 0 Å². The van der Waals surface area contributed by atoms with Crippen LogP contribution in [0.15, 0.2) is 42.6 Å². The van der Waals surface area contributed by atoms with Crippen molar-refractivity contribution in [1.82, 2.24) is 19.9 Å². The van der Waals surface area contributed by atoms with Crippen LogP contribution in [0.1, 0.15) is 22.5 Å². The Morgan fingerprint density at radius 1 is 1.18 bits per heavy atom. The van der Waals surface area contributed by atoms with Crippen LogP contribution < -0.4 is 4.90 Å². The fourth-order valence-corrected chi connectivity index (χ4v) is 5.46. The molecule has 3 heterocycles. The number of aryl methyl sites for hydroxylation is 1. The first kappa shape index (κ1) is 24.8. The average Bonchev–Trinajstić information content (AvgIpc) is 3.26. The Morgan fingerprint density at radius 2 is 1.94 bits per heavy atom. The normalized spacial score (nSPS) is 14.3. The number of anilines is 1. The van der Waals surface area contributed by atoms with Crippen LogP contribution in [0.25, 0.3) is 21.3 Å². The van der Waals surface area contributed by atoms with Crippen molar-refractivity contribution in [3.05, 3.63) is 58.9 Å². The van der Waals surface area contributed by atoms with Crippen LogP contribution in [-0.2, 0) is 4.74 Å². The number of hydrogen-bond acceptors (Lipinski definition) is 7. The third kappa shape index (κ3) is 5.31. The number of benzene rings is 2. The number of carbonyl (C=O) groups excluding carboxylic acids is 1. The molecule has 0 bridgehead atoms. The Hall–Kier alpha value is -2.36. The number of thiazole rings is 1. The zero-order chi connectivity index (χ0) is 22.8. The summed E-state index contributed by atoms with van der Waals surface area (Å²) in [6.07, 6.45) is 2.37. The van der Waals surface area contributed by atoms with Gasteiger partial charge in [-0.25, -0.2) is 9.97 Å². The lowest BCUT2D eigenvalue weighted by Crippen LogP contribution is -2.39. The van der Waals surface area contributed by atoms with Crippen LogP contribution in [0.5, 0.6) is 0 Å². The third-order valence-electron chi connectivity index (χ3n) is 5.74. The van der Waals surface area contributed by atoms with Crippen LogP contribution in [0.2, 0.25) is 5.02 Å². The van der Waals surface area contributed by atoms with E-state index < -0.39 is 0 Å². The van der Waals surface area contributed by atoms with Crippen molar-refractivity contribution in [3.63, 3.8) is 0 Å². The smallest absolute Gasteiger partial charge is 0.280 e. The fourth-order valence-electron chi connectivity index (χ4n) is 4.02. The zero-order valence-corrected chi connectivity index (χ0v) is 21.1. The Bertz CT molecular complexity index is 1310. The van der Waals surface area contributed by atoms with Gasteiger partial charge in [0.15, 0.2) is 5.13 Å². The van der Waals surface area contributed by atoms with Gasteiger partial charge in [0.05, 0.1) is 40.7 Å². The summed E-state index contributed by atoms with van der Waals surface area (Å²) in [5.41, 5.74) is 3.64. The number of morpholine rings is 1. The maximum Gasteiger partial charge on any atom is 0.280 e. The molecule has 1 fully saturated rings. The van der Waals surface area contributed by atoms with E-state index in [1.807, 2.05) is 43.3 Å². The molecule has 1 aliphatic rings. The lowest BCUT2D eigenvalue weighted by molar-refractivity contribution is 0.0376. The van der Waals surface area contributed by atoms with Gasteiger partial charge in [-0.1, -0.05) is 35.1 Å². The minimum absolute atomic E-state index is 0. The fraction of sp³-hybridized carbons (Fsp3) is 0.333. The predicted octanol–water partition coefficient (Wildman–Crippen LogP) is 4.99. The first-order chi connectivity index (χ1) is 16.1. The molecule has 10 heteroatoms. The number of carbonyl (C=O) groups is 1. The van der Waals surface area contributed by atoms with Gasteiger partial charge in [-0.3, -0.25) is 19.6 Å². The molecule has 4 aromatic rings. The maximum absolute atomic E-state index is 13.6. The van der Waals surface area contributed by atoms with E-state index in [1.165, 1.54) is 11.3 Å². The van der Waals surface area contributed by atoms with Gasteiger partial charge in [-0.15, -0.1) is 12.4 Å². The summed E-state index contributed by atoms with van der Waals surface area (Å²) >= 11 is 7.73. The summed E-state index contributed by atoms with van der Waals surface area (Å²) in [5, 5.41) is 1.32. The maximum atomic E-state index is 13.6. The number of halogens is 2. The molecule has 0 spiro atoms. The molecule has 0 radical (unpaired) electrons. The number of fused-ring (bicyclic) bond motifs is 2. The van der Waals surface area contributed by atoms with Gasteiger partial charge in [-0.05, 0) is 43.2 Å². The number of amides is 1. The second-order valence-corrected chi connectivity index (χ2v) is 9.52. The molecule has 0 atom stereocenters. The molecule has 2 aromatic heterocycles. The van der Waals surface area contributed by atoms with Gasteiger partial charge >= 0.3 is 0 Å². The number of rotatable bonds is 6. The average molecular weight is 518 g/mol. The highest BCUT2D eigenvalue weighted by Gasteiger charge is 2.24. The van der Waals surface area contributed by atoms with Gasteiger partial charge in [0.25, 0.3) is 5.91 Å². The van der Waals surface area contributed by atoms with Crippen LogP contribution >= 0.6 is 35.3 Å². The molecule has 34 heavy (non-hydrogen) atoms. The monoisotopic (exact) mass is 517 g/mol. The van der Waals surface area contributed by atoms with Gasteiger partial charge in [0, 0.05) is 31.2 Å². The summed E-state index contributed by atoms with van der Waals surface area (Å²) in [7, 11) is 0. The molecule has 5 rings (SSSR count). The summed E-state index contributed by atoms with van der Waals surface area (Å²) in [5.74, 6) is -0.196. The second kappa shape index (κ2) is 10.9. The number of para-hydroxylation sites is 2. The van der Waals surface area contributed by atoms with Crippen molar-refractivity contribution in [2.75, 3.05) is 44.3 Å². The Morgan fingerprint density at radius 3 is 2.74 bits per heavy atom. The van der Waals surface area contributed by atoms with Crippen molar-refractivity contribution in [2.45, 2.75) is 13.3 Å². The standard InChI is InChI=1S/C24H24ClN5O2S.ClH/c1-16-13-17(25)14-21-22(16)28-24(33-21)30(8-4-7-29-9-11-32-12-10-29)23(31)20-15-26-18-5-2-3-6-19(18)27-20;/h2-3,5-6,13-15H,4,7-12H2,1H3;1H. The highest BCUT2D eigenvalue weighted by molar-refractivity contribution is 7.22. The van der Waals surface area contributed by atoms with E-state index in [2.05, 4.69) is 14.9 Å². The van der Waals surface area contributed by atoms with Gasteiger partial charge in [0.2, 0.25) is 0 Å². The molecule has 1 amide bonds. The van der Waals surface area contributed by atoms with Crippen LogP contribution in [0.4, 0.5) is 5.13 Å². The first-order valence-corrected chi connectivity index (χ1v) is 12.2. The molecule has 1 aliphatic heterocycles. The molecular formula is C24H25Cl2N5O2S. The van der Waals surface area contributed by atoms with E-state index in [-0.39, 0.29) is 18.3 Å². The minimum atomic E-state index is -0.196. The molecule has 7 nitrogen and oxygen atoms in total. The number of nitrogens with zero attached hydrogens (tertiary/aromatic N) is 5. The highest BCUT2D eigenvalue weighted by Crippen LogP contribution is 2.33. The molecule has 2 aromatic carbocycles. The Balaban J connectivity index is 0.00000274. The Labute approximate surface area is 213 Å². The molecule has 0 saturated carbocycles. The van der Waals surface area contributed by atoms with Crippen LogP contribution in [0.3, 0.4) is 0 Å². The molecule has 0 N–H and O–H groups in total. The van der Waals surface area contributed by atoms with E-state index in [0.717, 1.165) is 60.6 Å². The number of hydrogen-bond donors (Lipinski definition) is 0. The van der Waals surface area contributed by atoms with Crippen molar-refractivity contribution in [3.8, 4) is 0 Å². The van der Waals surface area contributed by atoms with Gasteiger partial charge in [0.1, 0.15) is 5.69 Å². The topological polar surface area (TPSA) is 71.5 Å². The lowest BCUT2D eigenvalue weighted by atomic mass is 10.2. The molecule has 0 unspecified atom stereocenters. The summed E-state index contributed by atoms with van der Waals surface area (Å²) in [6.45, 7) is 6.77. The van der Waals surface area contributed by atoms with Crippen molar-refractivity contribution in [1.29, 1.82) is 0 Å². The quantitative estimate of drug-likeness (QED) is 0.358. The summed E-state index contributed by atoms with van der Waals surface area (Å²) < 4.78 is 6.41. The van der Waals surface area contributed by atoms with E-state index in [4.69, 9.17) is 21.3 Å². The van der Waals surface area contributed by atoms with Crippen molar-refractivity contribution in [2.24, 2.45) is 0 Å². The van der Waals surface area contributed by atoms with Gasteiger partial charge < -0.3 is 4.74 Å². The third-order valence-corrected chi connectivity index (χ3v) is 6.99. The van der Waals surface area contributed by atoms with Crippen LogP contribution in [-0.4, -0.2) is 65.2 Å². The van der Waals surface area contributed by atoms with E-state index in [0.29, 0.717) is 27.9 Å². The van der Waals surface area contributed by atoms with E-state index >= 15 is 0 Å². The largest absolute Gasteiger partial charge is 0.379 e. The number of aromatic nitrogens is 3. The highest BCUT2D eigenvalue weighted by atomic mass is 35.5. The zero-order valence-electron chi connectivity index (χ0n) is 18.7. The molecule has 0 aliphatic carbocycles. The summed E-state index contributed by atoms with van der Waals surface area (Å²) in [4.78, 5) is 31.6. The summed E-state index contributed by atoms with van der Waals surface area (Å²) in [6, 6.07) is 11.3. The van der Waals surface area contributed by atoms with E-state index in [9.17, 15) is 4.79 Å². The first-order valence-electron chi connectivity index (χ1n) is 11.0. The second-order valence-electron chi connectivity index (χ2n) is 8.07. The Kier molecular flexibility index (Phi) is 7.95. The molecule has 1 saturated heterocycles. The van der Waals surface area contributed by atoms with Crippen molar-refractivity contribution < 1.29 is 9.53 Å². The SMILES string of the molecule is Cc1cc(Cl)cc2sc(N(CCCN3CCOCC3)C(=O)c3cnc4ccccc4n3)nc12.Cl. The predicted molar refractivity (Wildman–Crippen MR) is 140 cm³/mol. The van der Waals surface area contributed by atoms with Crippen molar-refractivity contribution >= 4 is 67.6 Å². The van der Waals surface area contributed by atoms with E-state index in [1.54, 1.807) is 11.1 Å². The molecule has 178 valence electrons.